The summed E-state index contributed by atoms with van der Waals surface area (Å²) in [5.74, 6) is -0.794. The third kappa shape index (κ3) is 5.30. The van der Waals surface area contributed by atoms with Gasteiger partial charge in [0.2, 0.25) is 5.91 Å². The number of aryl methyl sites for hydroxylation is 1. The Morgan fingerprint density at radius 2 is 2.05 bits per heavy atom. The Hall–Kier alpha value is -2.04. The van der Waals surface area contributed by atoms with Gasteiger partial charge in [-0.25, -0.2) is 4.79 Å². The van der Waals surface area contributed by atoms with Crippen molar-refractivity contribution in [2.24, 2.45) is 5.92 Å². The van der Waals surface area contributed by atoms with Gasteiger partial charge in [0.05, 0.1) is 13.0 Å². The van der Waals surface area contributed by atoms with Gasteiger partial charge in [-0.3, -0.25) is 4.79 Å². The summed E-state index contributed by atoms with van der Waals surface area (Å²) >= 11 is 0. The molecule has 0 fully saturated rings. The monoisotopic (exact) mass is 279 g/mol. The van der Waals surface area contributed by atoms with Gasteiger partial charge in [0.1, 0.15) is 11.8 Å². The van der Waals surface area contributed by atoms with Crippen molar-refractivity contribution in [3.05, 3.63) is 29.8 Å². The number of hydrogen-bond acceptors (Lipinski definition) is 3. The van der Waals surface area contributed by atoms with Gasteiger partial charge in [-0.05, 0) is 30.5 Å². The van der Waals surface area contributed by atoms with Crippen LogP contribution in [0.1, 0.15) is 25.8 Å². The molecule has 0 bridgehead atoms. The van der Waals surface area contributed by atoms with Crippen LogP contribution in [0.25, 0.3) is 0 Å². The van der Waals surface area contributed by atoms with E-state index in [4.69, 9.17) is 9.84 Å². The Labute approximate surface area is 118 Å². The first-order valence-electron chi connectivity index (χ1n) is 6.61. The van der Waals surface area contributed by atoms with Crippen LogP contribution in [0.2, 0.25) is 0 Å². The summed E-state index contributed by atoms with van der Waals surface area (Å²) in [5, 5.41) is 11.5. The number of amides is 1. The number of carbonyl (C=O) groups is 2. The number of nitrogens with one attached hydrogen (secondary N) is 1. The summed E-state index contributed by atoms with van der Waals surface area (Å²) in [6.07, 6.45) is 0.129. The van der Waals surface area contributed by atoms with Gasteiger partial charge >= 0.3 is 5.97 Å². The molecule has 0 spiro atoms. The predicted molar refractivity (Wildman–Crippen MR) is 75.7 cm³/mol. The number of benzene rings is 1. The number of carboxylic acids is 1. The SMILES string of the molecule is Cc1cccc(OCCC(=O)N[C@H](C(=O)O)C(C)C)c1. The zero-order valence-corrected chi connectivity index (χ0v) is 12.1. The molecule has 110 valence electrons. The maximum atomic E-state index is 11.7. The van der Waals surface area contributed by atoms with E-state index in [1.807, 2.05) is 31.2 Å². The molecule has 0 aliphatic heterocycles. The lowest BCUT2D eigenvalue weighted by Crippen LogP contribution is -2.44. The van der Waals surface area contributed by atoms with E-state index in [1.165, 1.54) is 0 Å². The fourth-order valence-corrected chi connectivity index (χ4v) is 1.73. The van der Waals surface area contributed by atoms with Crippen molar-refractivity contribution in [1.82, 2.24) is 5.32 Å². The van der Waals surface area contributed by atoms with Gasteiger partial charge in [0.15, 0.2) is 0 Å². The first-order valence-corrected chi connectivity index (χ1v) is 6.61. The van der Waals surface area contributed by atoms with Crippen LogP contribution in [0.3, 0.4) is 0 Å². The molecule has 5 heteroatoms. The molecule has 20 heavy (non-hydrogen) atoms. The number of aliphatic carboxylic acids is 1. The highest BCUT2D eigenvalue weighted by molar-refractivity contribution is 5.83. The van der Waals surface area contributed by atoms with Crippen LogP contribution in [-0.2, 0) is 9.59 Å². The van der Waals surface area contributed by atoms with Crippen molar-refractivity contribution < 1.29 is 19.4 Å². The summed E-state index contributed by atoms with van der Waals surface area (Å²) in [6, 6.07) is 6.68. The molecule has 0 saturated heterocycles. The molecule has 0 unspecified atom stereocenters. The Kier molecular flexibility index (Phi) is 6.03. The van der Waals surface area contributed by atoms with Crippen molar-refractivity contribution in [2.75, 3.05) is 6.61 Å². The fraction of sp³-hybridized carbons (Fsp3) is 0.467. The number of rotatable bonds is 7. The van der Waals surface area contributed by atoms with Crippen LogP contribution < -0.4 is 10.1 Å². The Bertz CT molecular complexity index is 471. The predicted octanol–water partition coefficient (Wildman–Crippen LogP) is 1.99. The first kappa shape index (κ1) is 16.0. The molecule has 0 heterocycles. The van der Waals surface area contributed by atoms with Crippen molar-refractivity contribution >= 4 is 11.9 Å². The normalized spacial score (nSPS) is 12.0. The highest BCUT2D eigenvalue weighted by Gasteiger charge is 2.23. The van der Waals surface area contributed by atoms with Gasteiger partial charge in [-0.15, -0.1) is 0 Å². The van der Waals surface area contributed by atoms with Crippen LogP contribution in [0.15, 0.2) is 24.3 Å². The number of carbonyl (C=O) groups excluding carboxylic acids is 1. The molecule has 0 radical (unpaired) electrons. The number of ether oxygens (including phenoxy) is 1. The second kappa shape index (κ2) is 7.53. The molecule has 2 N–H and O–H groups in total. The molecule has 1 amide bonds. The molecule has 0 saturated carbocycles. The third-order valence-electron chi connectivity index (χ3n) is 2.84. The zero-order chi connectivity index (χ0) is 15.1. The van der Waals surface area contributed by atoms with Crippen LogP contribution in [0, 0.1) is 12.8 Å². The average molecular weight is 279 g/mol. The minimum Gasteiger partial charge on any atom is -0.493 e. The molecule has 5 nitrogen and oxygen atoms in total. The first-order chi connectivity index (χ1) is 9.40. The van der Waals surface area contributed by atoms with Gasteiger partial charge in [-0.2, -0.15) is 0 Å². The van der Waals surface area contributed by atoms with E-state index >= 15 is 0 Å². The van der Waals surface area contributed by atoms with E-state index in [2.05, 4.69) is 5.32 Å². The van der Waals surface area contributed by atoms with Gasteiger partial charge in [0, 0.05) is 0 Å². The van der Waals surface area contributed by atoms with Crippen LogP contribution in [-0.4, -0.2) is 29.6 Å². The molecule has 0 aromatic heterocycles. The molecule has 0 aliphatic rings. The molecule has 1 aromatic rings. The molecular weight excluding hydrogens is 258 g/mol. The largest absolute Gasteiger partial charge is 0.493 e. The van der Waals surface area contributed by atoms with Crippen LogP contribution in [0.5, 0.6) is 5.75 Å². The molecule has 0 aliphatic carbocycles. The highest BCUT2D eigenvalue weighted by Crippen LogP contribution is 2.12. The summed E-state index contributed by atoms with van der Waals surface area (Å²) < 4.78 is 5.45. The lowest BCUT2D eigenvalue weighted by atomic mass is 10.0. The highest BCUT2D eigenvalue weighted by atomic mass is 16.5. The van der Waals surface area contributed by atoms with E-state index in [9.17, 15) is 9.59 Å². The summed E-state index contributed by atoms with van der Waals surface area (Å²) in [6.45, 7) is 5.68. The van der Waals surface area contributed by atoms with Crippen molar-refractivity contribution in [3.63, 3.8) is 0 Å². The van der Waals surface area contributed by atoms with Crippen LogP contribution in [0.4, 0.5) is 0 Å². The second-order valence-corrected chi connectivity index (χ2v) is 5.04. The summed E-state index contributed by atoms with van der Waals surface area (Å²) in [4.78, 5) is 22.6. The number of hydrogen-bond donors (Lipinski definition) is 2. The van der Waals surface area contributed by atoms with Gasteiger partial charge in [0.25, 0.3) is 0 Å². The molecule has 1 atom stereocenters. The fourth-order valence-electron chi connectivity index (χ4n) is 1.73. The van der Waals surface area contributed by atoms with E-state index in [-0.39, 0.29) is 24.9 Å². The maximum Gasteiger partial charge on any atom is 0.326 e. The minimum absolute atomic E-state index is 0.129. The Morgan fingerprint density at radius 3 is 2.60 bits per heavy atom. The van der Waals surface area contributed by atoms with E-state index in [0.29, 0.717) is 5.75 Å². The number of carboxylic acid groups (broad SMARTS) is 1. The third-order valence-corrected chi connectivity index (χ3v) is 2.84. The smallest absolute Gasteiger partial charge is 0.326 e. The summed E-state index contributed by atoms with van der Waals surface area (Å²) in [7, 11) is 0. The molecular formula is C15H21NO4. The van der Waals surface area contributed by atoms with Crippen molar-refractivity contribution in [1.29, 1.82) is 0 Å². The van der Waals surface area contributed by atoms with E-state index in [0.717, 1.165) is 5.56 Å². The van der Waals surface area contributed by atoms with E-state index < -0.39 is 12.0 Å². The van der Waals surface area contributed by atoms with E-state index in [1.54, 1.807) is 13.8 Å². The van der Waals surface area contributed by atoms with Crippen molar-refractivity contribution in [3.8, 4) is 5.75 Å². The average Bonchev–Trinajstić information content (AvgIpc) is 2.35. The lowest BCUT2D eigenvalue weighted by molar-refractivity contribution is -0.143. The minimum atomic E-state index is -1.02. The lowest BCUT2D eigenvalue weighted by Gasteiger charge is -2.17. The summed E-state index contributed by atoms with van der Waals surface area (Å²) in [5.41, 5.74) is 1.08. The topological polar surface area (TPSA) is 75.6 Å². The maximum absolute atomic E-state index is 11.7. The van der Waals surface area contributed by atoms with Gasteiger partial charge in [-0.1, -0.05) is 26.0 Å². The zero-order valence-electron chi connectivity index (χ0n) is 12.1. The van der Waals surface area contributed by atoms with Gasteiger partial charge < -0.3 is 15.2 Å². The molecule has 1 rings (SSSR count). The van der Waals surface area contributed by atoms with Crippen LogP contribution >= 0.6 is 0 Å². The molecule has 1 aromatic carbocycles. The Morgan fingerprint density at radius 1 is 1.35 bits per heavy atom. The quantitative estimate of drug-likeness (QED) is 0.800. The Balaban J connectivity index is 2.38. The van der Waals surface area contributed by atoms with Crippen molar-refractivity contribution in [2.45, 2.75) is 33.2 Å². The standard InChI is InChI=1S/C15H21NO4/c1-10(2)14(15(18)19)16-13(17)7-8-20-12-6-4-5-11(3)9-12/h4-6,9-10,14H,7-8H2,1-3H3,(H,16,17)(H,18,19)/t14-/m0/s1. The second-order valence-electron chi connectivity index (χ2n) is 5.04.